The van der Waals surface area contributed by atoms with Gasteiger partial charge in [-0.3, -0.25) is 14.4 Å². The fourth-order valence-electron chi connectivity index (χ4n) is 3.90. The number of carbonyl (C=O) groups excluding carboxylic acids is 3. The van der Waals surface area contributed by atoms with Crippen molar-refractivity contribution in [3.05, 3.63) is 59.2 Å². The summed E-state index contributed by atoms with van der Waals surface area (Å²) in [6.45, 7) is 4.55. The van der Waals surface area contributed by atoms with Crippen LogP contribution in [-0.2, 0) is 16.1 Å². The molecule has 8 heteroatoms. The lowest BCUT2D eigenvalue weighted by atomic mass is 10.0. The van der Waals surface area contributed by atoms with Gasteiger partial charge in [0.2, 0.25) is 5.91 Å². The zero-order valence-corrected chi connectivity index (χ0v) is 18.2. The van der Waals surface area contributed by atoms with E-state index < -0.39 is 0 Å². The van der Waals surface area contributed by atoms with Crippen LogP contribution in [0.2, 0.25) is 0 Å². The van der Waals surface area contributed by atoms with Crippen LogP contribution < -0.4 is 20.1 Å². The van der Waals surface area contributed by atoms with E-state index in [0.717, 1.165) is 11.1 Å². The molecule has 1 saturated heterocycles. The predicted molar refractivity (Wildman–Crippen MR) is 118 cm³/mol. The fraction of sp³-hybridized carbons (Fsp3) is 0.375. The Kier molecular flexibility index (Phi) is 6.30. The van der Waals surface area contributed by atoms with Gasteiger partial charge in [-0.15, -0.1) is 0 Å². The second-order valence-electron chi connectivity index (χ2n) is 8.18. The molecule has 0 aromatic heterocycles. The summed E-state index contributed by atoms with van der Waals surface area (Å²) < 4.78 is 11.9. The molecule has 5 rings (SSSR count). The number of amides is 3. The van der Waals surface area contributed by atoms with Gasteiger partial charge in [-0.05, 0) is 42.3 Å². The van der Waals surface area contributed by atoms with Crippen LogP contribution in [0.4, 0.5) is 0 Å². The standard InChI is InChI=1S/C24H27N3O5/c1-15-3-6-18-11-22(15)31-14-23(29)25-12-17-4-7-19(8-5-17)32-21-9-10-27(16(2)28)13-20(21)26-24(18)30/h3-8,11,20-21H,9-10,12-14H2,1-2H3,(H,25,29)(H,26,30)/t20-,21-/m0/s1. The van der Waals surface area contributed by atoms with Crippen LogP contribution in [0.15, 0.2) is 42.5 Å². The highest BCUT2D eigenvalue weighted by Gasteiger charge is 2.33. The first-order valence-electron chi connectivity index (χ1n) is 10.7. The Hall–Kier alpha value is -3.55. The largest absolute Gasteiger partial charge is 0.488 e. The average Bonchev–Trinajstić information content (AvgIpc) is 2.78. The summed E-state index contributed by atoms with van der Waals surface area (Å²) >= 11 is 0. The second kappa shape index (κ2) is 9.30. The predicted octanol–water partition coefficient (Wildman–Crippen LogP) is 1.80. The quantitative estimate of drug-likeness (QED) is 0.655. The van der Waals surface area contributed by atoms with Gasteiger partial charge in [-0.2, -0.15) is 0 Å². The number of benzene rings is 2. The van der Waals surface area contributed by atoms with E-state index in [0.29, 0.717) is 43.1 Å². The van der Waals surface area contributed by atoms with Crippen molar-refractivity contribution in [2.45, 2.75) is 39.0 Å². The van der Waals surface area contributed by atoms with Crippen LogP contribution in [0.1, 0.15) is 34.8 Å². The number of hydrogen-bond acceptors (Lipinski definition) is 5. The van der Waals surface area contributed by atoms with Gasteiger partial charge in [-0.25, -0.2) is 0 Å². The summed E-state index contributed by atoms with van der Waals surface area (Å²) in [4.78, 5) is 38.9. The van der Waals surface area contributed by atoms with Gasteiger partial charge >= 0.3 is 0 Å². The van der Waals surface area contributed by atoms with E-state index in [4.69, 9.17) is 9.47 Å². The molecule has 1 fully saturated rings. The van der Waals surface area contributed by atoms with Crippen LogP contribution in [0.25, 0.3) is 0 Å². The number of rotatable bonds is 0. The van der Waals surface area contributed by atoms with Crippen molar-refractivity contribution in [2.75, 3.05) is 19.7 Å². The lowest BCUT2D eigenvalue weighted by Gasteiger charge is -2.38. The Morgan fingerprint density at radius 3 is 2.66 bits per heavy atom. The third kappa shape index (κ3) is 5.01. The highest BCUT2D eigenvalue weighted by molar-refractivity contribution is 5.95. The minimum absolute atomic E-state index is 0.0337. The van der Waals surface area contributed by atoms with Gasteiger partial charge in [0, 0.05) is 38.5 Å². The van der Waals surface area contributed by atoms with Gasteiger partial charge in [-0.1, -0.05) is 18.2 Å². The number of aryl methyl sites for hydroxylation is 1. The zero-order valence-electron chi connectivity index (χ0n) is 18.2. The molecule has 0 saturated carbocycles. The Balaban J connectivity index is 1.65. The van der Waals surface area contributed by atoms with Crippen LogP contribution in [-0.4, -0.2) is 54.5 Å². The summed E-state index contributed by atoms with van der Waals surface area (Å²) in [5.41, 5.74) is 2.17. The van der Waals surface area contributed by atoms with Gasteiger partial charge in [0.15, 0.2) is 6.61 Å². The molecule has 0 radical (unpaired) electrons. The van der Waals surface area contributed by atoms with Crippen molar-refractivity contribution in [3.8, 4) is 11.5 Å². The smallest absolute Gasteiger partial charge is 0.258 e. The van der Waals surface area contributed by atoms with E-state index >= 15 is 0 Å². The number of ether oxygens (including phenoxy) is 2. The third-order valence-corrected chi connectivity index (χ3v) is 5.82. The van der Waals surface area contributed by atoms with Crippen LogP contribution >= 0.6 is 0 Å². The maximum Gasteiger partial charge on any atom is 0.258 e. The molecule has 3 aliphatic rings. The number of nitrogens with one attached hydrogen (secondary N) is 2. The zero-order chi connectivity index (χ0) is 22.7. The average molecular weight is 437 g/mol. The van der Waals surface area contributed by atoms with Crippen LogP contribution in [0.3, 0.4) is 0 Å². The minimum atomic E-state index is -0.371. The SMILES string of the molecule is CC(=O)N1CC[C@@H]2Oc3ccc(cc3)CNC(=O)COc3cc(ccc3C)C(=O)N[C@H]2C1. The van der Waals surface area contributed by atoms with Crippen LogP contribution in [0, 0.1) is 6.92 Å². The molecule has 8 nitrogen and oxygen atoms in total. The number of hydrogen-bond donors (Lipinski definition) is 2. The Morgan fingerprint density at radius 1 is 1.12 bits per heavy atom. The number of piperidine rings is 1. The van der Waals surface area contributed by atoms with Crippen molar-refractivity contribution >= 4 is 17.7 Å². The Morgan fingerprint density at radius 2 is 1.91 bits per heavy atom. The maximum atomic E-state index is 13.0. The van der Waals surface area contributed by atoms with E-state index in [2.05, 4.69) is 10.6 Å². The molecule has 4 bridgehead atoms. The van der Waals surface area contributed by atoms with Gasteiger partial charge < -0.3 is 25.0 Å². The molecule has 168 valence electrons. The lowest BCUT2D eigenvalue weighted by molar-refractivity contribution is -0.131. The molecule has 2 atom stereocenters. The molecular formula is C24H27N3O5. The molecule has 32 heavy (non-hydrogen) atoms. The molecule has 3 amide bonds. The maximum absolute atomic E-state index is 13.0. The first-order valence-corrected chi connectivity index (χ1v) is 10.7. The first-order chi connectivity index (χ1) is 15.4. The number of likely N-dealkylation sites (tertiary alicyclic amines) is 1. The molecule has 2 aromatic carbocycles. The highest BCUT2D eigenvalue weighted by atomic mass is 16.5. The Bertz CT molecular complexity index is 1020. The molecular weight excluding hydrogens is 410 g/mol. The third-order valence-electron chi connectivity index (χ3n) is 5.82. The van der Waals surface area contributed by atoms with Crippen LogP contribution in [0.5, 0.6) is 11.5 Å². The normalized spacial score (nSPS) is 21.4. The van der Waals surface area contributed by atoms with Gasteiger partial charge in [0.1, 0.15) is 17.6 Å². The lowest BCUT2D eigenvalue weighted by Crippen LogP contribution is -2.57. The molecule has 0 unspecified atom stereocenters. The summed E-state index contributed by atoms with van der Waals surface area (Å²) in [6, 6.07) is 12.2. The van der Waals surface area contributed by atoms with Crippen molar-refractivity contribution in [3.63, 3.8) is 0 Å². The molecule has 2 aromatic rings. The van der Waals surface area contributed by atoms with E-state index in [1.165, 1.54) is 6.92 Å². The van der Waals surface area contributed by atoms with Crippen molar-refractivity contribution in [2.24, 2.45) is 0 Å². The summed E-state index contributed by atoms with van der Waals surface area (Å²) in [5.74, 6) is 0.574. The number of fused-ring (bicyclic) bond motifs is 7. The van der Waals surface area contributed by atoms with E-state index in [1.54, 1.807) is 23.1 Å². The van der Waals surface area contributed by atoms with Gasteiger partial charge in [0.25, 0.3) is 11.8 Å². The summed E-state index contributed by atoms with van der Waals surface area (Å²) in [7, 11) is 0. The van der Waals surface area contributed by atoms with Gasteiger partial charge in [0.05, 0.1) is 6.04 Å². The van der Waals surface area contributed by atoms with Crippen molar-refractivity contribution in [1.82, 2.24) is 15.5 Å². The molecule has 3 heterocycles. The molecule has 0 spiro atoms. The fourth-order valence-corrected chi connectivity index (χ4v) is 3.90. The van der Waals surface area contributed by atoms with Crippen molar-refractivity contribution < 1.29 is 23.9 Å². The number of carbonyl (C=O) groups is 3. The number of nitrogens with zero attached hydrogens (tertiary/aromatic N) is 1. The molecule has 0 aliphatic carbocycles. The first kappa shape index (κ1) is 21.7. The van der Waals surface area contributed by atoms with E-state index in [1.807, 2.05) is 31.2 Å². The summed E-state index contributed by atoms with van der Waals surface area (Å²) in [6.07, 6.45) is 0.321. The second-order valence-corrected chi connectivity index (χ2v) is 8.18. The summed E-state index contributed by atoms with van der Waals surface area (Å²) in [5, 5.41) is 5.86. The minimum Gasteiger partial charge on any atom is -0.488 e. The molecule has 2 N–H and O–H groups in total. The molecule has 3 aliphatic heterocycles. The monoisotopic (exact) mass is 437 g/mol. The Labute approximate surface area is 186 Å². The topological polar surface area (TPSA) is 97.0 Å². The van der Waals surface area contributed by atoms with Crippen molar-refractivity contribution in [1.29, 1.82) is 0 Å². The highest BCUT2D eigenvalue weighted by Crippen LogP contribution is 2.23. The van der Waals surface area contributed by atoms with E-state index in [-0.39, 0.29) is 36.5 Å². The van der Waals surface area contributed by atoms with E-state index in [9.17, 15) is 14.4 Å².